The van der Waals surface area contributed by atoms with Gasteiger partial charge in [-0.3, -0.25) is 4.79 Å². The Bertz CT molecular complexity index is 866. The van der Waals surface area contributed by atoms with Crippen LogP contribution in [0.25, 0.3) is 0 Å². The van der Waals surface area contributed by atoms with Gasteiger partial charge in [-0.2, -0.15) is 0 Å². The molecule has 0 spiro atoms. The Balaban J connectivity index is 1.69. The number of ether oxygens (including phenoxy) is 3. The van der Waals surface area contributed by atoms with Gasteiger partial charge in [0.25, 0.3) is 5.91 Å². The van der Waals surface area contributed by atoms with Gasteiger partial charge in [-0.1, -0.05) is 45.0 Å². The van der Waals surface area contributed by atoms with E-state index in [0.717, 1.165) is 11.1 Å². The quantitative estimate of drug-likeness (QED) is 0.669. The molecule has 0 atom stereocenters. The van der Waals surface area contributed by atoms with E-state index in [1.54, 1.807) is 36.4 Å². The van der Waals surface area contributed by atoms with Gasteiger partial charge < -0.3 is 19.5 Å². The Morgan fingerprint density at radius 1 is 0.900 bits per heavy atom. The van der Waals surface area contributed by atoms with Crippen molar-refractivity contribution in [2.24, 2.45) is 0 Å². The fourth-order valence-electron chi connectivity index (χ4n) is 2.51. The monoisotopic (exact) mass is 413 g/mol. The molecule has 30 heavy (non-hydrogen) atoms. The molecular weight excluding hydrogens is 386 g/mol. The lowest BCUT2D eigenvalue weighted by molar-refractivity contribution is -0.150. The van der Waals surface area contributed by atoms with Crippen LogP contribution in [0, 0.1) is 0 Å². The number of esters is 2. The lowest BCUT2D eigenvalue weighted by Gasteiger charge is -2.19. The molecule has 2 aromatic carbocycles. The van der Waals surface area contributed by atoms with Crippen LogP contribution >= 0.6 is 0 Å². The van der Waals surface area contributed by atoms with Crippen molar-refractivity contribution in [1.82, 2.24) is 5.32 Å². The number of benzene rings is 2. The first kappa shape index (κ1) is 22.9. The molecule has 160 valence electrons. The Morgan fingerprint density at radius 3 is 2.10 bits per heavy atom. The van der Waals surface area contributed by atoms with Crippen molar-refractivity contribution < 1.29 is 28.6 Å². The molecule has 0 saturated heterocycles. The van der Waals surface area contributed by atoms with Crippen LogP contribution in [-0.4, -0.2) is 38.2 Å². The molecule has 0 aliphatic carbocycles. The van der Waals surface area contributed by atoms with Gasteiger partial charge in [0, 0.05) is 6.54 Å². The van der Waals surface area contributed by atoms with Gasteiger partial charge in [-0.25, -0.2) is 9.59 Å². The minimum Gasteiger partial charge on any atom is -0.482 e. The molecule has 0 unspecified atom stereocenters. The molecule has 0 saturated carbocycles. The molecule has 0 aliphatic heterocycles. The van der Waals surface area contributed by atoms with E-state index >= 15 is 0 Å². The number of hydrogen-bond acceptors (Lipinski definition) is 6. The van der Waals surface area contributed by atoms with Crippen LogP contribution in [0.3, 0.4) is 0 Å². The summed E-state index contributed by atoms with van der Waals surface area (Å²) in [5.74, 6) is -0.938. The van der Waals surface area contributed by atoms with Crippen LogP contribution < -0.4 is 10.1 Å². The maximum atomic E-state index is 11.8. The Labute approximate surface area is 176 Å². The van der Waals surface area contributed by atoms with E-state index in [1.165, 1.54) is 7.11 Å². The fraction of sp³-hybridized carbons (Fsp3) is 0.348. The molecule has 0 aromatic heterocycles. The normalized spacial score (nSPS) is 10.8. The van der Waals surface area contributed by atoms with E-state index < -0.39 is 24.5 Å². The van der Waals surface area contributed by atoms with Crippen molar-refractivity contribution in [3.05, 3.63) is 65.2 Å². The number of amides is 1. The lowest BCUT2D eigenvalue weighted by Crippen LogP contribution is -2.29. The summed E-state index contributed by atoms with van der Waals surface area (Å²) in [6, 6.07) is 14.1. The predicted molar refractivity (Wildman–Crippen MR) is 111 cm³/mol. The van der Waals surface area contributed by atoms with E-state index in [9.17, 15) is 14.4 Å². The van der Waals surface area contributed by atoms with Gasteiger partial charge in [-0.15, -0.1) is 0 Å². The summed E-state index contributed by atoms with van der Waals surface area (Å²) < 4.78 is 14.9. The third kappa shape index (κ3) is 7.24. The van der Waals surface area contributed by atoms with Crippen LogP contribution in [0.5, 0.6) is 5.75 Å². The van der Waals surface area contributed by atoms with Crippen molar-refractivity contribution in [1.29, 1.82) is 0 Å². The molecule has 0 fully saturated rings. The molecule has 1 amide bonds. The molecule has 1 N–H and O–H groups in total. The van der Waals surface area contributed by atoms with Crippen LogP contribution in [0.4, 0.5) is 0 Å². The summed E-state index contributed by atoms with van der Waals surface area (Å²) in [4.78, 5) is 35.0. The van der Waals surface area contributed by atoms with Crippen LogP contribution in [0.1, 0.15) is 42.3 Å². The Kier molecular flexibility index (Phi) is 7.98. The fourth-order valence-corrected chi connectivity index (χ4v) is 2.51. The largest absolute Gasteiger partial charge is 0.482 e. The highest BCUT2D eigenvalue weighted by molar-refractivity contribution is 5.89. The van der Waals surface area contributed by atoms with Gasteiger partial charge in [0.1, 0.15) is 5.75 Å². The molecule has 0 heterocycles. The van der Waals surface area contributed by atoms with Gasteiger partial charge in [0.2, 0.25) is 0 Å². The molecule has 7 nitrogen and oxygen atoms in total. The standard InChI is InChI=1S/C23H27NO6/c1-23(2,3)18-9-11-19(12-10-18)29-15-21(26)30-14-20(25)24-13-16-5-7-17(8-6-16)22(27)28-4/h5-12H,13-15H2,1-4H3,(H,24,25). The summed E-state index contributed by atoms with van der Waals surface area (Å²) in [5, 5.41) is 2.64. The van der Waals surface area contributed by atoms with Gasteiger partial charge in [0.05, 0.1) is 12.7 Å². The lowest BCUT2D eigenvalue weighted by atomic mass is 9.87. The molecule has 7 heteroatoms. The van der Waals surface area contributed by atoms with Crippen LogP contribution in [0.2, 0.25) is 0 Å². The van der Waals surface area contributed by atoms with Gasteiger partial charge in [0.15, 0.2) is 13.2 Å². The third-order valence-electron chi connectivity index (χ3n) is 4.31. The summed E-state index contributed by atoms with van der Waals surface area (Å²) in [6.07, 6.45) is 0. The van der Waals surface area contributed by atoms with E-state index in [0.29, 0.717) is 11.3 Å². The summed E-state index contributed by atoms with van der Waals surface area (Å²) >= 11 is 0. The molecule has 0 bridgehead atoms. The van der Waals surface area contributed by atoms with E-state index in [-0.39, 0.29) is 18.6 Å². The van der Waals surface area contributed by atoms with E-state index in [1.807, 2.05) is 12.1 Å². The van der Waals surface area contributed by atoms with Crippen molar-refractivity contribution in [2.45, 2.75) is 32.7 Å². The highest BCUT2D eigenvalue weighted by Crippen LogP contribution is 2.24. The average Bonchev–Trinajstić information content (AvgIpc) is 2.74. The molecule has 0 radical (unpaired) electrons. The minimum atomic E-state index is -0.632. The maximum Gasteiger partial charge on any atom is 0.344 e. The Hall–Kier alpha value is -3.35. The number of nitrogens with one attached hydrogen (secondary N) is 1. The average molecular weight is 413 g/mol. The second-order valence-corrected chi connectivity index (χ2v) is 7.69. The first-order valence-corrected chi connectivity index (χ1v) is 9.52. The predicted octanol–water partition coefficient (Wildman–Crippen LogP) is 3.01. The van der Waals surface area contributed by atoms with Crippen molar-refractivity contribution in [3.63, 3.8) is 0 Å². The number of carbonyl (C=O) groups excluding carboxylic acids is 3. The Morgan fingerprint density at radius 2 is 1.53 bits per heavy atom. The minimum absolute atomic E-state index is 0.0359. The topological polar surface area (TPSA) is 90.9 Å². The van der Waals surface area contributed by atoms with E-state index in [4.69, 9.17) is 9.47 Å². The molecule has 2 aromatic rings. The summed E-state index contributed by atoms with van der Waals surface area (Å²) in [5.41, 5.74) is 2.42. The molecule has 0 aliphatic rings. The first-order valence-electron chi connectivity index (χ1n) is 9.52. The van der Waals surface area contributed by atoms with Gasteiger partial charge in [-0.05, 0) is 40.8 Å². The number of carbonyl (C=O) groups is 3. The molecule has 2 rings (SSSR count). The smallest absolute Gasteiger partial charge is 0.344 e. The summed E-state index contributed by atoms with van der Waals surface area (Å²) in [6.45, 7) is 5.91. The van der Waals surface area contributed by atoms with Crippen molar-refractivity contribution >= 4 is 17.8 Å². The maximum absolute atomic E-state index is 11.8. The molecular formula is C23H27NO6. The number of rotatable bonds is 8. The zero-order valence-electron chi connectivity index (χ0n) is 17.7. The summed E-state index contributed by atoms with van der Waals surface area (Å²) in [7, 11) is 1.31. The van der Waals surface area contributed by atoms with E-state index in [2.05, 4.69) is 30.8 Å². The third-order valence-corrected chi connectivity index (χ3v) is 4.31. The SMILES string of the molecule is COC(=O)c1ccc(CNC(=O)COC(=O)COc2ccc(C(C)(C)C)cc2)cc1. The second kappa shape index (κ2) is 10.4. The van der Waals surface area contributed by atoms with Crippen molar-refractivity contribution in [3.8, 4) is 5.75 Å². The van der Waals surface area contributed by atoms with Gasteiger partial charge >= 0.3 is 11.9 Å². The number of methoxy groups -OCH3 is 1. The zero-order chi connectivity index (χ0) is 22.1. The zero-order valence-corrected chi connectivity index (χ0v) is 17.7. The number of hydrogen-bond donors (Lipinski definition) is 1. The van der Waals surface area contributed by atoms with Crippen LogP contribution in [-0.2, 0) is 31.0 Å². The van der Waals surface area contributed by atoms with Crippen molar-refractivity contribution in [2.75, 3.05) is 20.3 Å². The van der Waals surface area contributed by atoms with Crippen LogP contribution in [0.15, 0.2) is 48.5 Å². The first-order chi connectivity index (χ1) is 14.2. The highest BCUT2D eigenvalue weighted by atomic mass is 16.6. The second-order valence-electron chi connectivity index (χ2n) is 7.69. The highest BCUT2D eigenvalue weighted by Gasteiger charge is 2.14.